The number of phosphoric acid groups is 2. The Hall–Kier alpha value is -1.94. The predicted octanol–water partition coefficient (Wildman–Crippen LogP) is 22.6. The minimum Gasteiger partial charge on any atom is -0.462 e. The molecule has 0 aliphatic carbocycles. The topological polar surface area (TPSA) is 237 Å². The van der Waals surface area contributed by atoms with E-state index >= 15 is 0 Å². The Balaban J connectivity index is 5.26. The molecule has 0 heterocycles. The third-order valence-corrected chi connectivity index (χ3v) is 20.1. The number of esters is 4. The van der Waals surface area contributed by atoms with Gasteiger partial charge in [-0.15, -0.1) is 0 Å². The van der Waals surface area contributed by atoms with Gasteiger partial charge in [-0.2, -0.15) is 0 Å². The van der Waals surface area contributed by atoms with E-state index in [-0.39, 0.29) is 25.7 Å². The molecule has 0 saturated carbocycles. The lowest BCUT2D eigenvalue weighted by Gasteiger charge is -2.21. The minimum atomic E-state index is -4.96. The number of hydrogen-bond acceptors (Lipinski definition) is 15. The zero-order valence-corrected chi connectivity index (χ0v) is 64.6. The molecule has 0 aromatic rings. The van der Waals surface area contributed by atoms with Crippen molar-refractivity contribution < 1.29 is 80.2 Å². The van der Waals surface area contributed by atoms with Crippen LogP contribution in [0, 0.1) is 17.8 Å². The molecule has 0 spiro atoms. The summed E-state index contributed by atoms with van der Waals surface area (Å²) < 4.78 is 68.6. The van der Waals surface area contributed by atoms with Crippen LogP contribution in [-0.4, -0.2) is 96.7 Å². The summed E-state index contributed by atoms with van der Waals surface area (Å²) in [5, 5.41) is 10.6. The first kappa shape index (κ1) is 94.1. The van der Waals surface area contributed by atoms with Crippen LogP contribution >= 0.6 is 15.6 Å². The molecule has 3 unspecified atom stereocenters. The summed E-state index contributed by atoms with van der Waals surface area (Å²) in [6.07, 6.45) is 54.1. The SMILES string of the molecule is CCCCCCCCCCCCCCCCCCCCC(=O)O[C@H](COC(=O)CCCCCCCCCCCCC(C)CC)COP(=O)(O)OC[C@@H](O)COP(=O)(O)OC[C@@H](COC(=O)CCCCCCCCCCC(C)C)OC(=O)CCCCCCCCCCCCC(C)C. The molecule has 6 atom stereocenters. The second-order valence-electron chi connectivity index (χ2n) is 28.9. The summed E-state index contributed by atoms with van der Waals surface area (Å²) in [6, 6.07) is 0. The normalized spacial score (nSPS) is 14.3. The van der Waals surface area contributed by atoms with Crippen molar-refractivity contribution in [3.63, 3.8) is 0 Å². The molecule has 19 heteroatoms. The fourth-order valence-corrected chi connectivity index (χ4v) is 13.3. The molecule has 0 bridgehead atoms. The van der Waals surface area contributed by atoms with E-state index in [0.717, 1.165) is 108 Å². The minimum absolute atomic E-state index is 0.105. The summed E-state index contributed by atoms with van der Waals surface area (Å²) in [6.45, 7) is 11.9. The predicted molar refractivity (Wildman–Crippen MR) is 391 cm³/mol. The van der Waals surface area contributed by atoms with Crippen LogP contribution in [0.3, 0.4) is 0 Å². The molecule has 3 N–H and O–H groups in total. The van der Waals surface area contributed by atoms with Gasteiger partial charge in [0.1, 0.15) is 19.3 Å². The van der Waals surface area contributed by atoms with Gasteiger partial charge < -0.3 is 33.8 Å². The largest absolute Gasteiger partial charge is 0.472 e. The lowest BCUT2D eigenvalue weighted by atomic mass is 9.99. The average Bonchev–Trinajstić information content (AvgIpc) is 2.55. The highest BCUT2D eigenvalue weighted by Gasteiger charge is 2.30. The molecule has 0 radical (unpaired) electrons. The molecule has 17 nitrogen and oxygen atoms in total. The summed E-state index contributed by atoms with van der Waals surface area (Å²) in [5.74, 6) is 0.171. The molecule has 0 aliphatic heterocycles. The van der Waals surface area contributed by atoms with Crippen LogP contribution in [0.4, 0.5) is 0 Å². The number of rotatable bonds is 75. The van der Waals surface area contributed by atoms with E-state index in [4.69, 9.17) is 37.0 Å². The molecular weight excluding hydrogens is 1260 g/mol. The van der Waals surface area contributed by atoms with Crippen molar-refractivity contribution in [1.82, 2.24) is 0 Å². The number of aliphatic hydroxyl groups excluding tert-OH is 1. The Morgan fingerprint density at radius 1 is 0.302 bits per heavy atom. The fraction of sp³-hybridized carbons (Fsp3) is 0.948. The number of ether oxygens (including phenoxy) is 4. The highest BCUT2D eigenvalue weighted by Crippen LogP contribution is 2.45. The van der Waals surface area contributed by atoms with E-state index in [1.165, 1.54) is 205 Å². The quantitative estimate of drug-likeness (QED) is 0.0222. The maximum absolute atomic E-state index is 13.1. The monoisotopic (exact) mass is 1410 g/mol. The molecule has 0 fully saturated rings. The van der Waals surface area contributed by atoms with E-state index in [1.807, 2.05) is 0 Å². The lowest BCUT2D eigenvalue weighted by Crippen LogP contribution is -2.30. The molecule has 570 valence electrons. The van der Waals surface area contributed by atoms with Gasteiger partial charge in [-0.25, -0.2) is 9.13 Å². The van der Waals surface area contributed by atoms with Gasteiger partial charge in [0.25, 0.3) is 0 Å². The highest BCUT2D eigenvalue weighted by atomic mass is 31.2. The van der Waals surface area contributed by atoms with Crippen molar-refractivity contribution in [3.8, 4) is 0 Å². The van der Waals surface area contributed by atoms with Gasteiger partial charge in [0.15, 0.2) is 12.2 Å². The lowest BCUT2D eigenvalue weighted by molar-refractivity contribution is -0.161. The van der Waals surface area contributed by atoms with Crippen LogP contribution in [0.2, 0.25) is 0 Å². The van der Waals surface area contributed by atoms with Gasteiger partial charge >= 0.3 is 39.5 Å². The zero-order valence-electron chi connectivity index (χ0n) is 62.8. The third-order valence-electron chi connectivity index (χ3n) is 18.2. The zero-order chi connectivity index (χ0) is 70.9. The molecule has 0 rings (SSSR count). The Morgan fingerprint density at radius 3 is 0.792 bits per heavy atom. The summed E-state index contributed by atoms with van der Waals surface area (Å²) >= 11 is 0. The Bertz CT molecular complexity index is 1870. The van der Waals surface area contributed by atoms with Crippen molar-refractivity contribution in [3.05, 3.63) is 0 Å². The number of carbonyl (C=O) groups is 4. The molecule has 96 heavy (non-hydrogen) atoms. The van der Waals surface area contributed by atoms with Crippen LogP contribution in [0.5, 0.6) is 0 Å². The number of carbonyl (C=O) groups excluding carboxylic acids is 4. The molecule has 0 amide bonds. The van der Waals surface area contributed by atoms with Crippen molar-refractivity contribution in [2.45, 2.75) is 414 Å². The molecular formula is C77H150O17P2. The third kappa shape index (κ3) is 69.2. The van der Waals surface area contributed by atoms with E-state index in [2.05, 4.69) is 48.5 Å². The number of aliphatic hydroxyl groups is 1. The molecule has 0 saturated heterocycles. The van der Waals surface area contributed by atoms with Gasteiger partial charge in [-0.3, -0.25) is 37.3 Å². The second kappa shape index (κ2) is 67.5. The van der Waals surface area contributed by atoms with Crippen LogP contribution in [0.1, 0.15) is 395 Å². The maximum atomic E-state index is 13.1. The first-order valence-corrected chi connectivity index (χ1v) is 42.9. The van der Waals surface area contributed by atoms with Gasteiger partial charge in [0.05, 0.1) is 26.4 Å². The van der Waals surface area contributed by atoms with E-state index in [1.54, 1.807) is 0 Å². The number of unbranched alkanes of at least 4 members (excludes halogenated alkanes) is 42. The van der Waals surface area contributed by atoms with E-state index in [9.17, 15) is 43.2 Å². The smallest absolute Gasteiger partial charge is 0.462 e. The van der Waals surface area contributed by atoms with Gasteiger partial charge in [-0.1, -0.05) is 344 Å². The Kier molecular flexibility index (Phi) is 66.2. The maximum Gasteiger partial charge on any atom is 0.472 e. The van der Waals surface area contributed by atoms with Gasteiger partial charge in [-0.05, 0) is 43.4 Å². The highest BCUT2D eigenvalue weighted by molar-refractivity contribution is 7.47. The van der Waals surface area contributed by atoms with Gasteiger partial charge in [0, 0.05) is 25.7 Å². The van der Waals surface area contributed by atoms with E-state index in [0.29, 0.717) is 25.7 Å². The van der Waals surface area contributed by atoms with Crippen molar-refractivity contribution in [2.75, 3.05) is 39.6 Å². The first-order chi connectivity index (χ1) is 46.3. The van der Waals surface area contributed by atoms with Crippen LogP contribution < -0.4 is 0 Å². The molecule has 0 aromatic heterocycles. The van der Waals surface area contributed by atoms with E-state index < -0.39 is 97.5 Å². The standard InChI is InChI=1S/C77H150O17P2/c1-8-10-11-12-13-14-15-16-17-18-19-20-21-22-30-39-46-53-60-76(81)93-72(64-87-74(79)58-51-44-37-29-26-24-28-36-43-50-57-70(7)9-2)66-91-95(83,84)89-62-71(78)63-90-96(85,86)92-67-73(65-88-75(80)59-52-45-38-33-32-35-42-49-56-69(5)6)94-77(82)61-54-47-40-31-25-23-27-34-41-48-55-68(3)4/h68-73,78H,8-67H2,1-7H3,(H,83,84)(H,85,86)/t70?,71-,72-,73-/m1/s1. The Morgan fingerprint density at radius 2 is 0.531 bits per heavy atom. The summed E-state index contributed by atoms with van der Waals surface area (Å²) in [7, 11) is -9.91. The summed E-state index contributed by atoms with van der Waals surface area (Å²) in [4.78, 5) is 72.9. The second-order valence-corrected chi connectivity index (χ2v) is 31.8. The van der Waals surface area contributed by atoms with Crippen molar-refractivity contribution in [1.29, 1.82) is 0 Å². The van der Waals surface area contributed by atoms with Crippen LogP contribution in [-0.2, 0) is 65.4 Å². The first-order valence-electron chi connectivity index (χ1n) is 39.9. The van der Waals surface area contributed by atoms with Crippen molar-refractivity contribution in [2.24, 2.45) is 17.8 Å². The fourth-order valence-electron chi connectivity index (χ4n) is 11.7. The van der Waals surface area contributed by atoms with Crippen LogP contribution in [0.25, 0.3) is 0 Å². The number of hydrogen-bond donors (Lipinski definition) is 3. The Labute approximate surface area is 588 Å². The van der Waals surface area contributed by atoms with Crippen molar-refractivity contribution >= 4 is 39.5 Å². The van der Waals surface area contributed by atoms with Gasteiger partial charge in [0.2, 0.25) is 0 Å². The summed E-state index contributed by atoms with van der Waals surface area (Å²) in [5.41, 5.74) is 0. The number of phosphoric ester groups is 2. The van der Waals surface area contributed by atoms with Crippen LogP contribution in [0.15, 0.2) is 0 Å². The average molecular weight is 1410 g/mol. The molecule has 0 aliphatic rings. The molecule has 0 aromatic carbocycles.